The summed E-state index contributed by atoms with van der Waals surface area (Å²) in [6, 6.07) is 0. The summed E-state index contributed by atoms with van der Waals surface area (Å²) in [7, 11) is 0. The molecule has 0 spiro atoms. The van der Waals surface area contributed by atoms with Crippen LogP contribution < -0.4 is 0 Å². The zero-order chi connectivity index (χ0) is 8.55. The molecule has 0 heterocycles. The van der Waals surface area contributed by atoms with Gasteiger partial charge < -0.3 is 10.2 Å². The van der Waals surface area contributed by atoms with E-state index < -0.39 is 0 Å². The number of allylic oxidation sites excluding steroid dienone is 2. The van der Waals surface area contributed by atoms with Crippen molar-refractivity contribution < 1.29 is 10.2 Å². The van der Waals surface area contributed by atoms with E-state index in [0.29, 0.717) is 5.92 Å². The molecule has 0 aliphatic heterocycles. The first-order valence-electron chi connectivity index (χ1n) is 4.52. The van der Waals surface area contributed by atoms with Crippen LogP contribution in [0.5, 0.6) is 0 Å². The van der Waals surface area contributed by atoms with E-state index in [1.54, 1.807) is 0 Å². The van der Waals surface area contributed by atoms with Crippen molar-refractivity contribution >= 4 is 0 Å². The number of aliphatic hydroxyl groups is 2. The minimum absolute atomic E-state index is 0.224. The number of aliphatic hydroxyl groups excluding tert-OH is 2. The van der Waals surface area contributed by atoms with Gasteiger partial charge in [-0.3, -0.25) is 0 Å². The lowest BCUT2D eigenvalue weighted by Crippen LogP contribution is -2.03. The van der Waals surface area contributed by atoms with Crippen LogP contribution in [0.3, 0.4) is 0 Å². The van der Waals surface area contributed by atoms with Crippen LogP contribution in [0, 0.1) is 5.92 Å². The maximum Gasteiger partial charge on any atom is 0.0795 e. The molecule has 1 saturated carbocycles. The zero-order valence-corrected chi connectivity index (χ0v) is 7.03. The molecule has 0 radical (unpaired) electrons. The minimum atomic E-state index is -0.268. The number of hydrogen-bond donors (Lipinski definition) is 2. The molecule has 2 nitrogen and oxygen atoms in total. The summed E-state index contributed by atoms with van der Waals surface area (Å²) in [5.41, 5.74) is 2.41. The van der Waals surface area contributed by atoms with Crippen molar-refractivity contribution in [2.45, 2.75) is 25.4 Å². The summed E-state index contributed by atoms with van der Waals surface area (Å²) >= 11 is 0. The van der Waals surface area contributed by atoms with Gasteiger partial charge in [-0.2, -0.15) is 0 Å². The highest BCUT2D eigenvalue weighted by molar-refractivity contribution is 5.45. The van der Waals surface area contributed by atoms with E-state index in [-0.39, 0.29) is 12.7 Å². The van der Waals surface area contributed by atoms with Gasteiger partial charge in [-0.15, -0.1) is 0 Å². The molecule has 2 atom stereocenters. The van der Waals surface area contributed by atoms with Gasteiger partial charge in [0, 0.05) is 6.61 Å². The van der Waals surface area contributed by atoms with E-state index in [1.165, 1.54) is 5.57 Å². The molecule has 2 N–H and O–H groups in total. The summed E-state index contributed by atoms with van der Waals surface area (Å²) in [5.74, 6) is 0.402. The van der Waals surface area contributed by atoms with Crippen LogP contribution in [-0.2, 0) is 0 Å². The van der Waals surface area contributed by atoms with Gasteiger partial charge >= 0.3 is 0 Å². The Morgan fingerprint density at radius 1 is 1.33 bits per heavy atom. The second-order valence-electron chi connectivity index (χ2n) is 3.52. The molecule has 0 aromatic heterocycles. The molecule has 0 saturated heterocycles. The summed E-state index contributed by atoms with van der Waals surface area (Å²) in [6.07, 6.45) is 6.56. The third-order valence-corrected chi connectivity index (χ3v) is 2.79. The average Bonchev–Trinajstić information content (AvgIpc) is 2.58. The van der Waals surface area contributed by atoms with Gasteiger partial charge in [0.05, 0.1) is 6.10 Å². The zero-order valence-electron chi connectivity index (χ0n) is 7.03. The van der Waals surface area contributed by atoms with Crippen molar-refractivity contribution in [2.24, 2.45) is 5.92 Å². The average molecular weight is 166 g/mol. The summed E-state index contributed by atoms with van der Waals surface area (Å²) in [4.78, 5) is 0. The van der Waals surface area contributed by atoms with E-state index in [2.05, 4.69) is 12.2 Å². The molecule has 0 unspecified atom stereocenters. The highest BCUT2D eigenvalue weighted by atomic mass is 16.3. The van der Waals surface area contributed by atoms with Gasteiger partial charge in [0.25, 0.3) is 0 Å². The van der Waals surface area contributed by atoms with Gasteiger partial charge in [-0.1, -0.05) is 12.2 Å². The Balaban J connectivity index is 2.16. The first kappa shape index (κ1) is 8.02. The monoisotopic (exact) mass is 166 g/mol. The Labute approximate surface area is 72.2 Å². The van der Waals surface area contributed by atoms with E-state index in [0.717, 1.165) is 24.8 Å². The second kappa shape index (κ2) is 3.04. The molecular formula is C10H14O2. The molecule has 66 valence electrons. The van der Waals surface area contributed by atoms with Crippen LogP contribution in [0.4, 0.5) is 0 Å². The Morgan fingerprint density at radius 2 is 2.08 bits per heavy atom. The minimum Gasteiger partial charge on any atom is -0.396 e. The molecule has 2 aliphatic carbocycles. The summed E-state index contributed by atoms with van der Waals surface area (Å²) in [6.45, 7) is 0.224. The van der Waals surface area contributed by atoms with Crippen LogP contribution in [-0.4, -0.2) is 22.9 Å². The molecule has 2 rings (SSSR count). The fourth-order valence-electron chi connectivity index (χ4n) is 2.23. The Kier molecular flexibility index (Phi) is 2.03. The highest BCUT2D eigenvalue weighted by Crippen LogP contribution is 2.41. The first-order valence-corrected chi connectivity index (χ1v) is 4.52. The molecule has 0 amide bonds. The smallest absolute Gasteiger partial charge is 0.0795 e. The maximum absolute atomic E-state index is 9.61. The first-order chi connectivity index (χ1) is 5.83. The van der Waals surface area contributed by atoms with Gasteiger partial charge in [0.1, 0.15) is 0 Å². The van der Waals surface area contributed by atoms with Crippen LogP contribution >= 0.6 is 0 Å². The Hall–Kier alpha value is -0.600. The predicted octanol–water partition coefficient (Wildman–Crippen LogP) is 1.01. The van der Waals surface area contributed by atoms with E-state index in [9.17, 15) is 5.11 Å². The van der Waals surface area contributed by atoms with E-state index in [4.69, 9.17) is 5.11 Å². The largest absolute Gasteiger partial charge is 0.396 e. The van der Waals surface area contributed by atoms with Crippen molar-refractivity contribution in [1.29, 1.82) is 0 Å². The fraction of sp³-hybridized carbons (Fsp3) is 0.600. The van der Waals surface area contributed by atoms with Crippen LogP contribution in [0.25, 0.3) is 0 Å². The molecule has 2 heteroatoms. The number of fused-ring (bicyclic) bond motifs is 1. The predicted molar refractivity (Wildman–Crippen MR) is 46.6 cm³/mol. The molecule has 0 aromatic rings. The van der Waals surface area contributed by atoms with E-state index in [1.807, 2.05) is 0 Å². The van der Waals surface area contributed by atoms with Crippen molar-refractivity contribution in [1.82, 2.24) is 0 Å². The molecule has 12 heavy (non-hydrogen) atoms. The molecule has 0 bridgehead atoms. The van der Waals surface area contributed by atoms with Gasteiger partial charge in [-0.25, -0.2) is 0 Å². The van der Waals surface area contributed by atoms with E-state index >= 15 is 0 Å². The normalized spacial score (nSPS) is 33.2. The standard InChI is InChI=1S/C10H14O2/c11-5-4-7-6-10(12)9-3-1-2-8(7)9/h2-3,7,10-12H,1,4-6H2/t7-,10+/m1/s1. The third-order valence-electron chi connectivity index (χ3n) is 2.79. The molecule has 0 aromatic carbocycles. The Bertz CT molecular complexity index is 240. The van der Waals surface area contributed by atoms with Gasteiger partial charge in [0.2, 0.25) is 0 Å². The summed E-state index contributed by atoms with van der Waals surface area (Å²) in [5, 5.41) is 18.4. The van der Waals surface area contributed by atoms with Crippen molar-refractivity contribution in [3.63, 3.8) is 0 Å². The lowest BCUT2D eigenvalue weighted by atomic mass is 9.99. The number of hydrogen-bond acceptors (Lipinski definition) is 2. The molecule has 1 fully saturated rings. The second-order valence-corrected chi connectivity index (χ2v) is 3.52. The van der Waals surface area contributed by atoms with Gasteiger partial charge in [0.15, 0.2) is 0 Å². The highest BCUT2D eigenvalue weighted by Gasteiger charge is 2.33. The van der Waals surface area contributed by atoms with Crippen molar-refractivity contribution in [2.75, 3.05) is 6.61 Å². The van der Waals surface area contributed by atoms with Gasteiger partial charge in [-0.05, 0) is 36.3 Å². The summed E-state index contributed by atoms with van der Waals surface area (Å²) < 4.78 is 0. The van der Waals surface area contributed by atoms with Crippen molar-refractivity contribution in [3.05, 3.63) is 23.3 Å². The molecular weight excluding hydrogens is 152 g/mol. The topological polar surface area (TPSA) is 40.5 Å². The van der Waals surface area contributed by atoms with Crippen LogP contribution in [0.15, 0.2) is 23.3 Å². The Morgan fingerprint density at radius 3 is 2.83 bits per heavy atom. The van der Waals surface area contributed by atoms with Crippen LogP contribution in [0.2, 0.25) is 0 Å². The quantitative estimate of drug-likeness (QED) is 0.642. The number of rotatable bonds is 2. The molecule has 2 aliphatic rings. The third kappa shape index (κ3) is 1.11. The fourth-order valence-corrected chi connectivity index (χ4v) is 2.23. The lowest BCUT2D eigenvalue weighted by molar-refractivity contribution is 0.197. The maximum atomic E-state index is 9.61. The SMILES string of the molecule is OCC[C@@H]1C[C@H](O)C2=CCC=C21. The van der Waals surface area contributed by atoms with Crippen LogP contribution in [0.1, 0.15) is 19.3 Å². The van der Waals surface area contributed by atoms with Crippen molar-refractivity contribution in [3.8, 4) is 0 Å². The lowest BCUT2D eigenvalue weighted by Gasteiger charge is -2.07.